The molecule has 2 aromatic rings. The van der Waals surface area contributed by atoms with Crippen LogP contribution in [0.2, 0.25) is 0 Å². The number of nitrogens with zero attached hydrogens (tertiary/aromatic N) is 2. The molecule has 0 bridgehead atoms. The third-order valence-electron chi connectivity index (χ3n) is 4.49. The third-order valence-corrected chi connectivity index (χ3v) is 4.49. The van der Waals surface area contributed by atoms with E-state index in [9.17, 15) is 8.78 Å². The average molecular weight is 357 g/mol. The minimum absolute atomic E-state index is 0. The summed E-state index contributed by atoms with van der Waals surface area (Å²) in [6.45, 7) is 5.44. The van der Waals surface area contributed by atoms with Gasteiger partial charge in [0.25, 0.3) is 0 Å². The first-order valence-corrected chi connectivity index (χ1v) is 8.00. The predicted octanol–water partition coefficient (Wildman–Crippen LogP) is 3.17. The normalized spacial score (nSPS) is 16.1. The second-order valence-electron chi connectivity index (χ2n) is 6.20. The first kappa shape index (κ1) is 18.8. The lowest BCUT2D eigenvalue weighted by molar-refractivity contribution is 0.190. The molecule has 0 atom stereocenters. The number of likely N-dealkylation sites (tertiary alicyclic amines) is 1. The highest BCUT2D eigenvalue weighted by molar-refractivity contribution is 5.85. The quantitative estimate of drug-likeness (QED) is 0.864. The van der Waals surface area contributed by atoms with E-state index < -0.39 is 11.6 Å². The number of halogens is 3. The maximum Gasteiger partial charge on any atom is 0.159 e. The summed E-state index contributed by atoms with van der Waals surface area (Å²) in [4.78, 5) is 2.29. The molecule has 3 rings (SSSR count). The fraction of sp³-hybridized carbons (Fsp3) is 0.471. The third kappa shape index (κ3) is 4.75. The van der Waals surface area contributed by atoms with Gasteiger partial charge in [0.15, 0.2) is 11.6 Å². The zero-order valence-electron chi connectivity index (χ0n) is 13.7. The van der Waals surface area contributed by atoms with E-state index in [1.54, 1.807) is 6.07 Å². The number of aromatic amines is 1. The Bertz CT molecular complexity index is 654. The fourth-order valence-electron chi connectivity index (χ4n) is 3.00. The van der Waals surface area contributed by atoms with E-state index in [0.29, 0.717) is 12.6 Å². The first-order valence-electron chi connectivity index (χ1n) is 8.00. The molecule has 1 fully saturated rings. The van der Waals surface area contributed by atoms with Crippen molar-refractivity contribution in [3.8, 4) is 0 Å². The Morgan fingerprint density at radius 2 is 2.00 bits per heavy atom. The Balaban J connectivity index is 0.00000208. The van der Waals surface area contributed by atoms with Crippen LogP contribution in [0, 0.1) is 18.6 Å². The van der Waals surface area contributed by atoms with Crippen LogP contribution in [0.5, 0.6) is 0 Å². The van der Waals surface area contributed by atoms with Gasteiger partial charge in [0.1, 0.15) is 0 Å². The summed E-state index contributed by atoms with van der Waals surface area (Å²) in [5, 5.41) is 10.5. The van der Waals surface area contributed by atoms with Crippen molar-refractivity contribution in [3.05, 3.63) is 52.9 Å². The van der Waals surface area contributed by atoms with Gasteiger partial charge in [-0.25, -0.2) is 8.78 Å². The van der Waals surface area contributed by atoms with Gasteiger partial charge in [-0.3, -0.25) is 10.00 Å². The summed E-state index contributed by atoms with van der Waals surface area (Å²) in [6, 6.07) is 4.64. The zero-order valence-corrected chi connectivity index (χ0v) is 14.5. The smallest absolute Gasteiger partial charge is 0.159 e. The van der Waals surface area contributed by atoms with E-state index in [4.69, 9.17) is 0 Å². The minimum atomic E-state index is -0.786. The molecule has 4 nitrogen and oxygen atoms in total. The molecule has 1 aliphatic rings. The van der Waals surface area contributed by atoms with Gasteiger partial charge in [0, 0.05) is 30.4 Å². The summed E-state index contributed by atoms with van der Waals surface area (Å²) in [5.41, 5.74) is 3.13. The topological polar surface area (TPSA) is 44.0 Å². The molecule has 0 saturated carbocycles. The van der Waals surface area contributed by atoms with Gasteiger partial charge in [-0.15, -0.1) is 12.4 Å². The fourth-order valence-corrected chi connectivity index (χ4v) is 3.00. The van der Waals surface area contributed by atoms with Crippen LogP contribution in [0.4, 0.5) is 8.78 Å². The number of aryl methyl sites for hydroxylation is 1. The number of aromatic nitrogens is 2. The summed E-state index contributed by atoms with van der Waals surface area (Å²) in [6.07, 6.45) is 3.97. The van der Waals surface area contributed by atoms with Crippen molar-refractivity contribution >= 4 is 12.4 Å². The van der Waals surface area contributed by atoms with Crippen molar-refractivity contribution < 1.29 is 8.78 Å². The van der Waals surface area contributed by atoms with Crippen molar-refractivity contribution in [1.29, 1.82) is 0 Å². The second-order valence-corrected chi connectivity index (χ2v) is 6.20. The van der Waals surface area contributed by atoms with Crippen LogP contribution in [-0.2, 0) is 13.1 Å². The SMILES string of the molecule is Cc1[nH]ncc1CNC1CCN(Cc2ccc(F)c(F)c2)CC1.Cl. The maximum atomic E-state index is 13.3. The number of hydrogen-bond acceptors (Lipinski definition) is 3. The Morgan fingerprint density at radius 3 is 2.62 bits per heavy atom. The molecule has 0 amide bonds. The molecular formula is C17H23ClF2N4. The first-order chi connectivity index (χ1) is 11.1. The van der Waals surface area contributed by atoms with E-state index in [-0.39, 0.29) is 12.4 Å². The molecule has 2 N–H and O–H groups in total. The van der Waals surface area contributed by atoms with E-state index in [1.165, 1.54) is 17.7 Å². The van der Waals surface area contributed by atoms with Crippen molar-refractivity contribution in [2.24, 2.45) is 0 Å². The van der Waals surface area contributed by atoms with Crippen LogP contribution >= 0.6 is 12.4 Å². The summed E-state index contributed by atoms with van der Waals surface area (Å²) < 4.78 is 26.2. The summed E-state index contributed by atoms with van der Waals surface area (Å²) >= 11 is 0. The molecular weight excluding hydrogens is 334 g/mol. The Labute approximate surface area is 147 Å². The Morgan fingerprint density at radius 1 is 1.25 bits per heavy atom. The number of rotatable bonds is 5. The zero-order chi connectivity index (χ0) is 16.2. The lowest BCUT2D eigenvalue weighted by atomic mass is 10.0. The summed E-state index contributed by atoms with van der Waals surface area (Å²) in [5.74, 6) is -1.55. The Kier molecular flexibility index (Phi) is 6.71. The van der Waals surface area contributed by atoms with Gasteiger partial charge in [0.05, 0.1) is 6.20 Å². The molecule has 1 saturated heterocycles. The molecule has 7 heteroatoms. The molecule has 0 aliphatic carbocycles. The van der Waals surface area contributed by atoms with E-state index in [2.05, 4.69) is 20.4 Å². The second kappa shape index (κ2) is 8.55. The van der Waals surface area contributed by atoms with E-state index >= 15 is 0 Å². The van der Waals surface area contributed by atoms with Crippen LogP contribution in [-0.4, -0.2) is 34.2 Å². The van der Waals surface area contributed by atoms with Crippen LogP contribution < -0.4 is 5.32 Å². The number of hydrogen-bond donors (Lipinski definition) is 2. The maximum absolute atomic E-state index is 13.3. The van der Waals surface area contributed by atoms with Gasteiger partial charge in [0.2, 0.25) is 0 Å². The largest absolute Gasteiger partial charge is 0.310 e. The minimum Gasteiger partial charge on any atom is -0.310 e. The molecule has 1 aliphatic heterocycles. The predicted molar refractivity (Wildman–Crippen MR) is 92.1 cm³/mol. The number of nitrogens with one attached hydrogen (secondary N) is 2. The standard InChI is InChI=1S/C17H22F2N4.ClH/c1-12-14(10-21-22-12)9-20-15-4-6-23(7-5-15)11-13-2-3-16(18)17(19)8-13;/h2-3,8,10,15,20H,4-7,9,11H2,1H3,(H,21,22);1H. The highest BCUT2D eigenvalue weighted by atomic mass is 35.5. The van der Waals surface area contributed by atoms with Gasteiger partial charge in [-0.2, -0.15) is 5.10 Å². The van der Waals surface area contributed by atoms with Gasteiger partial charge in [-0.05, 0) is 50.6 Å². The number of piperidine rings is 1. The van der Waals surface area contributed by atoms with Crippen LogP contribution in [0.25, 0.3) is 0 Å². The van der Waals surface area contributed by atoms with Gasteiger partial charge in [-0.1, -0.05) is 6.07 Å². The molecule has 2 heterocycles. The molecule has 1 aromatic heterocycles. The average Bonchev–Trinajstić information content (AvgIpc) is 2.95. The highest BCUT2D eigenvalue weighted by Gasteiger charge is 2.19. The van der Waals surface area contributed by atoms with Crippen molar-refractivity contribution in [1.82, 2.24) is 20.4 Å². The van der Waals surface area contributed by atoms with E-state index in [1.807, 2.05) is 13.1 Å². The lowest BCUT2D eigenvalue weighted by Gasteiger charge is -2.32. The highest BCUT2D eigenvalue weighted by Crippen LogP contribution is 2.16. The molecule has 132 valence electrons. The molecule has 0 spiro atoms. The van der Waals surface area contributed by atoms with Crippen molar-refractivity contribution in [3.63, 3.8) is 0 Å². The molecule has 0 unspecified atom stereocenters. The molecule has 1 aromatic carbocycles. The lowest BCUT2D eigenvalue weighted by Crippen LogP contribution is -2.41. The molecule has 24 heavy (non-hydrogen) atoms. The van der Waals surface area contributed by atoms with Crippen LogP contribution in [0.15, 0.2) is 24.4 Å². The van der Waals surface area contributed by atoms with Crippen molar-refractivity contribution in [2.45, 2.75) is 38.9 Å². The van der Waals surface area contributed by atoms with Gasteiger partial charge >= 0.3 is 0 Å². The van der Waals surface area contributed by atoms with Crippen molar-refractivity contribution in [2.75, 3.05) is 13.1 Å². The van der Waals surface area contributed by atoms with Gasteiger partial charge < -0.3 is 5.32 Å². The molecule has 0 radical (unpaired) electrons. The number of H-pyrrole nitrogens is 1. The number of benzene rings is 1. The van der Waals surface area contributed by atoms with Crippen LogP contribution in [0.3, 0.4) is 0 Å². The summed E-state index contributed by atoms with van der Waals surface area (Å²) in [7, 11) is 0. The monoisotopic (exact) mass is 356 g/mol. The van der Waals surface area contributed by atoms with E-state index in [0.717, 1.165) is 43.7 Å². The Hall–Kier alpha value is -1.50. The van der Waals surface area contributed by atoms with Crippen LogP contribution in [0.1, 0.15) is 29.7 Å².